The topological polar surface area (TPSA) is 139 Å². The second kappa shape index (κ2) is 24.0. The molecule has 19 heteroatoms. The van der Waals surface area contributed by atoms with E-state index >= 15 is 0 Å². The zero-order chi connectivity index (χ0) is 39.8. The van der Waals surface area contributed by atoms with Crippen LogP contribution in [0.15, 0.2) is 69.6 Å². The van der Waals surface area contributed by atoms with Crippen molar-refractivity contribution in [3.05, 3.63) is 110 Å². The van der Waals surface area contributed by atoms with Gasteiger partial charge in [0.2, 0.25) is 0 Å². The molecule has 0 aliphatic carbocycles. The molecule has 0 aromatic heterocycles. The number of hydrogen-bond donors (Lipinski definition) is 5. The molecule has 0 fully saturated rings. The molecule has 0 aliphatic heterocycles. The Labute approximate surface area is 364 Å². The highest BCUT2D eigenvalue weighted by atomic mass is 127. The van der Waals surface area contributed by atoms with Gasteiger partial charge in [0.1, 0.15) is 18.2 Å². The standard InChI is InChI=1S/C18H18BrClFIN2O4.C17H16BrClFIN2O3/c1-26-4-5-27-6-7-28-24-18(25)12-9-13(19)15(21)10-17(12)23-16-3-2-11(22)8-14(16)20;1-2-10(24)8-26-23-17(25)11-6-12(18)14(20)7-16(11)22-15-4-3-9(21)5-13(15)19/h2-3,8-10,23H,4-7H2,1H3,(H,24,25);3-7,10,22,24H,2,8H2,1H3,(H,23,25). The van der Waals surface area contributed by atoms with Gasteiger partial charge in [0.15, 0.2) is 0 Å². The van der Waals surface area contributed by atoms with Gasteiger partial charge in [-0.05, 0) is 144 Å². The molecule has 4 aromatic rings. The van der Waals surface area contributed by atoms with E-state index in [9.17, 15) is 23.5 Å². The van der Waals surface area contributed by atoms with Crippen molar-refractivity contribution in [2.45, 2.75) is 19.4 Å². The molecule has 4 aromatic carbocycles. The Morgan fingerprint density at radius 3 is 1.65 bits per heavy atom. The molecule has 0 saturated heterocycles. The first-order valence-corrected chi connectivity index (χ1v) is 20.2. The number of hydroxylamine groups is 2. The average Bonchev–Trinajstić information content (AvgIpc) is 3.13. The second-order valence-corrected chi connectivity index (χ2v) is 15.8. The highest BCUT2D eigenvalue weighted by Gasteiger charge is 2.18. The van der Waals surface area contributed by atoms with Crippen LogP contribution in [0.1, 0.15) is 34.1 Å². The van der Waals surface area contributed by atoms with Gasteiger partial charge in [-0.3, -0.25) is 19.3 Å². The Balaban J connectivity index is 0.000000291. The highest BCUT2D eigenvalue weighted by Crippen LogP contribution is 2.33. The van der Waals surface area contributed by atoms with Crippen molar-refractivity contribution < 1.29 is 42.6 Å². The SMILES string of the molecule is CCC(O)CONC(=O)c1cc(Br)c(F)cc1Nc1ccc(I)cc1Cl.COCCOCCONC(=O)c1cc(Br)c(F)cc1Nc1ccc(I)cc1Cl. The fraction of sp³-hybridized carbons (Fsp3) is 0.257. The maximum absolute atomic E-state index is 14.0. The summed E-state index contributed by atoms with van der Waals surface area (Å²) >= 11 is 22.8. The zero-order valence-corrected chi connectivity index (χ0v) is 37.5. The van der Waals surface area contributed by atoms with Gasteiger partial charge < -0.3 is 25.2 Å². The van der Waals surface area contributed by atoms with Crippen LogP contribution in [0.2, 0.25) is 10.0 Å². The summed E-state index contributed by atoms with van der Waals surface area (Å²) in [5.41, 5.74) is 6.46. The molecule has 1 atom stereocenters. The quantitative estimate of drug-likeness (QED) is 0.0397. The van der Waals surface area contributed by atoms with Gasteiger partial charge in [-0.1, -0.05) is 30.1 Å². The molecular formula is C35H34Br2Cl2F2I2N4O7. The fourth-order valence-corrected chi connectivity index (χ4v) is 6.53. The minimum Gasteiger partial charge on any atom is -0.391 e. The lowest BCUT2D eigenvalue weighted by Gasteiger charge is -2.15. The largest absolute Gasteiger partial charge is 0.391 e. The van der Waals surface area contributed by atoms with E-state index in [-0.39, 0.29) is 44.7 Å². The van der Waals surface area contributed by atoms with Gasteiger partial charge in [0.25, 0.3) is 11.8 Å². The molecule has 0 radical (unpaired) electrons. The first kappa shape index (κ1) is 46.5. The van der Waals surface area contributed by atoms with E-state index in [2.05, 4.69) is 98.6 Å². The summed E-state index contributed by atoms with van der Waals surface area (Å²) in [6.07, 6.45) is -0.186. The Morgan fingerprint density at radius 2 is 1.20 bits per heavy atom. The van der Waals surface area contributed by atoms with Gasteiger partial charge in [0.05, 0.1) is 85.4 Å². The number of carbonyl (C=O) groups excluding carboxylic acids is 2. The monoisotopic (exact) mass is 1140 g/mol. The second-order valence-electron chi connectivity index (χ2n) is 10.8. The van der Waals surface area contributed by atoms with Gasteiger partial charge in [0, 0.05) is 14.3 Å². The molecule has 0 saturated carbocycles. The van der Waals surface area contributed by atoms with E-state index in [4.69, 9.17) is 42.4 Å². The fourth-order valence-electron chi connectivity index (χ4n) is 4.04. The maximum atomic E-state index is 14.0. The van der Waals surface area contributed by atoms with Gasteiger partial charge >= 0.3 is 0 Å². The molecule has 4 rings (SSSR count). The van der Waals surface area contributed by atoms with E-state index in [1.165, 1.54) is 24.3 Å². The van der Waals surface area contributed by atoms with E-state index < -0.39 is 29.6 Å². The summed E-state index contributed by atoms with van der Waals surface area (Å²) in [6.45, 7) is 3.11. The molecular weight excluding hydrogens is 1110 g/mol. The molecule has 0 spiro atoms. The van der Waals surface area contributed by atoms with Crippen LogP contribution in [0.3, 0.4) is 0 Å². The maximum Gasteiger partial charge on any atom is 0.276 e. The Hall–Kier alpha value is -1.92. The molecule has 292 valence electrons. The molecule has 1 unspecified atom stereocenters. The minimum atomic E-state index is -0.682. The summed E-state index contributed by atoms with van der Waals surface area (Å²) in [6, 6.07) is 15.8. The van der Waals surface area contributed by atoms with E-state index in [0.717, 1.165) is 7.14 Å². The van der Waals surface area contributed by atoms with Crippen LogP contribution in [0.25, 0.3) is 0 Å². The summed E-state index contributed by atoms with van der Waals surface area (Å²) < 4.78 is 40.3. The number of halogens is 8. The van der Waals surface area contributed by atoms with Crippen LogP contribution in [0.4, 0.5) is 31.5 Å². The van der Waals surface area contributed by atoms with Crippen LogP contribution < -0.4 is 21.6 Å². The molecule has 0 heterocycles. The number of hydrogen-bond acceptors (Lipinski definition) is 9. The number of methoxy groups -OCH3 is 1. The van der Waals surface area contributed by atoms with Gasteiger partial charge in [-0.15, -0.1) is 0 Å². The van der Waals surface area contributed by atoms with Gasteiger partial charge in [-0.2, -0.15) is 0 Å². The van der Waals surface area contributed by atoms with Crippen molar-refractivity contribution >= 4 is 135 Å². The summed E-state index contributed by atoms with van der Waals surface area (Å²) in [5.74, 6) is -2.18. The molecule has 0 aliphatic rings. The predicted molar refractivity (Wildman–Crippen MR) is 229 cm³/mol. The normalized spacial score (nSPS) is 11.3. The number of ether oxygens (including phenoxy) is 2. The molecule has 5 N–H and O–H groups in total. The van der Waals surface area contributed by atoms with Crippen LogP contribution in [-0.2, 0) is 19.1 Å². The third-order valence-electron chi connectivity index (χ3n) is 6.85. The summed E-state index contributed by atoms with van der Waals surface area (Å²) in [4.78, 5) is 35.0. The lowest BCUT2D eigenvalue weighted by Crippen LogP contribution is -2.28. The number of nitrogens with one attached hydrogen (secondary N) is 4. The number of aliphatic hydroxyl groups is 1. The Kier molecular flexibility index (Phi) is 20.6. The molecule has 2 amide bonds. The number of anilines is 4. The Morgan fingerprint density at radius 1 is 0.741 bits per heavy atom. The van der Waals surface area contributed by atoms with Crippen LogP contribution in [0, 0.1) is 18.8 Å². The summed E-state index contributed by atoms with van der Waals surface area (Å²) in [7, 11) is 1.58. The van der Waals surface area contributed by atoms with E-state index in [1.54, 1.807) is 38.3 Å². The van der Waals surface area contributed by atoms with E-state index in [1.807, 2.05) is 12.1 Å². The third-order valence-corrected chi connectivity index (χ3v) is 10.0. The lowest BCUT2D eigenvalue weighted by molar-refractivity contribution is -0.0133. The lowest BCUT2D eigenvalue weighted by atomic mass is 10.1. The number of carbonyl (C=O) groups is 2. The van der Waals surface area contributed by atoms with Crippen molar-refractivity contribution in [3.8, 4) is 0 Å². The van der Waals surface area contributed by atoms with Crippen LogP contribution in [-0.4, -0.2) is 63.2 Å². The molecule has 11 nitrogen and oxygen atoms in total. The van der Waals surface area contributed by atoms with Crippen molar-refractivity contribution in [1.29, 1.82) is 0 Å². The van der Waals surface area contributed by atoms with Crippen molar-refractivity contribution in [3.63, 3.8) is 0 Å². The van der Waals surface area contributed by atoms with Crippen LogP contribution >= 0.6 is 100 Å². The smallest absolute Gasteiger partial charge is 0.276 e. The van der Waals surface area contributed by atoms with Crippen molar-refractivity contribution in [2.24, 2.45) is 0 Å². The van der Waals surface area contributed by atoms with Crippen molar-refractivity contribution in [2.75, 3.05) is 50.8 Å². The molecule has 54 heavy (non-hydrogen) atoms. The number of aliphatic hydroxyl groups excluding tert-OH is 1. The highest BCUT2D eigenvalue weighted by molar-refractivity contribution is 14.1. The number of amides is 2. The number of rotatable bonds is 17. The Bertz CT molecular complexity index is 1910. The first-order chi connectivity index (χ1) is 25.7. The summed E-state index contributed by atoms with van der Waals surface area (Å²) in [5, 5.41) is 16.3. The minimum absolute atomic E-state index is 0.0453. The zero-order valence-electron chi connectivity index (χ0n) is 28.5. The van der Waals surface area contributed by atoms with Crippen molar-refractivity contribution in [1.82, 2.24) is 11.0 Å². The van der Waals surface area contributed by atoms with Gasteiger partial charge in [-0.25, -0.2) is 19.7 Å². The average molecular weight is 1150 g/mol. The number of benzene rings is 4. The first-order valence-electron chi connectivity index (χ1n) is 15.7. The predicted octanol–water partition coefficient (Wildman–Crippen LogP) is 9.94. The van der Waals surface area contributed by atoms with Crippen LogP contribution in [0.5, 0.6) is 0 Å². The van der Waals surface area contributed by atoms with E-state index in [0.29, 0.717) is 47.7 Å². The molecule has 0 bridgehead atoms. The third kappa shape index (κ3) is 15.2.